The van der Waals surface area contributed by atoms with Gasteiger partial charge >= 0.3 is 11.9 Å². The number of carboxylic acids is 2. The number of amides is 7. The van der Waals surface area contributed by atoms with Gasteiger partial charge in [0.05, 0.1) is 18.8 Å². The Kier molecular flexibility index (Phi) is 23.4. The zero-order chi connectivity index (χ0) is 55.2. The van der Waals surface area contributed by atoms with Crippen molar-refractivity contribution in [1.29, 1.82) is 0 Å². The molecule has 1 saturated heterocycles. The van der Waals surface area contributed by atoms with Crippen LogP contribution in [0.4, 0.5) is 0 Å². The topological polar surface area (TPSA) is 409 Å². The van der Waals surface area contributed by atoms with Gasteiger partial charge in [-0.15, -0.1) is 0 Å². The van der Waals surface area contributed by atoms with E-state index in [0.717, 1.165) is 0 Å². The molecule has 25 nitrogen and oxygen atoms in total. The summed E-state index contributed by atoms with van der Waals surface area (Å²) in [5, 5.41) is 45.1. The minimum Gasteiger partial charge on any atom is -0.508 e. The summed E-state index contributed by atoms with van der Waals surface area (Å²) < 4.78 is 0. The van der Waals surface area contributed by atoms with Gasteiger partial charge in [0.25, 0.3) is 0 Å². The molecule has 408 valence electrons. The van der Waals surface area contributed by atoms with E-state index in [1.54, 1.807) is 44.2 Å². The number of hydrogen-bond acceptors (Lipinski definition) is 13. The van der Waals surface area contributed by atoms with E-state index in [9.17, 15) is 58.5 Å². The third-order valence-electron chi connectivity index (χ3n) is 12.4. The Morgan fingerprint density at radius 2 is 1.32 bits per heavy atom. The average molecular weight is 1050 g/mol. The largest absolute Gasteiger partial charge is 0.508 e. The second-order valence-electron chi connectivity index (χ2n) is 18.7. The molecule has 0 radical (unpaired) electrons. The van der Waals surface area contributed by atoms with Crippen molar-refractivity contribution in [2.75, 3.05) is 13.1 Å². The number of guanidine groups is 1. The molecule has 4 rings (SSSR count). The van der Waals surface area contributed by atoms with Gasteiger partial charge in [-0.05, 0) is 61.3 Å². The molecule has 1 aromatic heterocycles. The molecule has 8 atom stereocenters. The Morgan fingerprint density at radius 3 is 1.92 bits per heavy atom. The summed E-state index contributed by atoms with van der Waals surface area (Å²) in [5.41, 5.74) is 18.2. The maximum atomic E-state index is 14.5. The number of phenolic OH excluding ortho intramolecular Hbond substituents is 1. The Hall–Kier alpha value is -8.09. The fraction of sp³-hybridized carbons (Fsp3) is 0.500. The molecule has 16 N–H and O–H groups in total. The molecule has 25 heteroatoms. The van der Waals surface area contributed by atoms with Gasteiger partial charge in [0.1, 0.15) is 48.0 Å². The SMILES string of the molecule is CCCC[C@H](NC(=O)[C@H](Cc1ccc(O)cc1)NC(=O)[C@@H](NC(=O)[C@H](CCCN=C(N)N)NC(=O)[C@@H](N)CC(=O)O)C(C)C)C(=O)N[C@@H](Cc1cnc[nH]1)C(=O)N1CCC[C@H]1C(=O)N[C@@H](Cc1ccccc1)C(=O)O. The minimum absolute atomic E-state index is 0.0000228. The van der Waals surface area contributed by atoms with Crippen LogP contribution >= 0.6 is 0 Å². The monoisotopic (exact) mass is 1050 g/mol. The van der Waals surface area contributed by atoms with Crippen LogP contribution in [0.3, 0.4) is 0 Å². The second kappa shape index (κ2) is 29.6. The van der Waals surface area contributed by atoms with Gasteiger partial charge in [0.2, 0.25) is 41.4 Å². The van der Waals surface area contributed by atoms with E-state index in [-0.39, 0.29) is 69.7 Å². The summed E-state index contributed by atoms with van der Waals surface area (Å²) in [6.07, 6.45) is 3.71. The number of rotatable bonds is 30. The van der Waals surface area contributed by atoms with Gasteiger partial charge in [0.15, 0.2) is 5.96 Å². The summed E-state index contributed by atoms with van der Waals surface area (Å²) >= 11 is 0. The van der Waals surface area contributed by atoms with Crippen molar-refractivity contribution in [3.8, 4) is 5.75 Å². The van der Waals surface area contributed by atoms with Crippen LogP contribution in [0.25, 0.3) is 0 Å². The van der Waals surface area contributed by atoms with Crippen LogP contribution in [0.5, 0.6) is 5.75 Å². The van der Waals surface area contributed by atoms with E-state index in [2.05, 4.69) is 46.9 Å². The predicted octanol–water partition coefficient (Wildman–Crippen LogP) is -1.17. The number of aliphatic imine (C=N–C) groups is 1. The molecule has 0 bridgehead atoms. The molecule has 1 aliphatic rings. The fourth-order valence-corrected chi connectivity index (χ4v) is 8.32. The summed E-state index contributed by atoms with van der Waals surface area (Å²) in [5.74, 6) is -9.02. The number of aromatic amines is 1. The lowest BCUT2D eigenvalue weighted by molar-refractivity contribution is -0.145. The third kappa shape index (κ3) is 19.4. The van der Waals surface area contributed by atoms with E-state index in [4.69, 9.17) is 17.2 Å². The molecular weight excluding hydrogens is 975 g/mol. The van der Waals surface area contributed by atoms with Gasteiger partial charge < -0.3 is 74.3 Å². The first kappa shape index (κ1) is 59.5. The zero-order valence-electron chi connectivity index (χ0n) is 42.3. The normalized spacial score (nSPS) is 15.9. The van der Waals surface area contributed by atoms with Gasteiger partial charge in [-0.2, -0.15) is 0 Å². The molecule has 0 spiro atoms. The highest BCUT2D eigenvalue weighted by molar-refractivity contribution is 5.98. The highest BCUT2D eigenvalue weighted by Gasteiger charge is 2.40. The lowest BCUT2D eigenvalue weighted by Gasteiger charge is -2.31. The summed E-state index contributed by atoms with van der Waals surface area (Å²) in [4.78, 5) is 134. The van der Waals surface area contributed by atoms with Crippen LogP contribution in [0.2, 0.25) is 0 Å². The van der Waals surface area contributed by atoms with Crippen molar-refractivity contribution in [3.05, 3.63) is 83.9 Å². The van der Waals surface area contributed by atoms with Crippen LogP contribution in [-0.4, -0.2) is 151 Å². The number of H-pyrrole nitrogens is 1. The first-order chi connectivity index (χ1) is 35.7. The number of hydrogen-bond donors (Lipinski definition) is 13. The average Bonchev–Trinajstić information content (AvgIpc) is 4.08. The number of aromatic nitrogens is 2. The number of carbonyl (C=O) groups is 9. The van der Waals surface area contributed by atoms with Gasteiger partial charge in [-0.3, -0.25) is 43.3 Å². The molecule has 1 fully saturated rings. The number of unbranched alkanes of at least 4 members (excludes halogenated alkanes) is 1. The van der Waals surface area contributed by atoms with Gasteiger partial charge in [0, 0.05) is 44.2 Å². The number of phenols is 1. The van der Waals surface area contributed by atoms with E-state index in [1.165, 1.54) is 41.7 Å². The van der Waals surface area contributed by atoms with Crippen LogP contribution in [-0.2, 0) is 62.4 Å². The van der Waals surface area contributed by atoms with Crippen molar-refractivity contribution in [1.82, 2.24) is 46.8 Å². The number of imidazole rings is 1. The number of aromatic hydroxyl groups is 1. The number of nitrogens with two attached hydrogens (primary N) is 3. The van der Waals surface area contributed by atoms with Crippen molar-refractivity contribution in [3.63, 3.8) is 0 Å². The van der Waals surface area contributed by atoms with E-state index in [1.807, 2.05) is 6.92 Å². The first-order valence-corrected chi connectivity index (χ1v) is 24.8. The Balaban J connectivity index is 1.58. The lowest BCUT2D eigenvalue weighted by Crippen LogP contribution is -2.61. The lowest BCUT2D eigenvalue weighted by atomic mass is 9.99. The van der Waals surface area contributed by atoms with Crippen molar-refractivity contribution in [2.24, 2.45) is 28.1 Å². The number of aliphatic carboxylic acids is 2. The molecule has 1 aliphatic heterocycles. The smallest absolute Gasteiger partial charge is 0.326 e. The Labute approximate surface area is 434 Å². The van der Waals surface area contributed by atoms with Crippen LogP contribution in [0.1, 0.15) is 89.0 Å². The van der Waals surface area contributed by atoms with Gasteiger partial charge in [-0.25, -0.2) is 9.78 Å². The number of carboxylic acid groups (broad SMARTS) is 2. The fourth-order valence-electron chi connectivity index (χ4n) is 8.32. The quantitative estimate of drug-likeness (QED) is 0.0213. The summed E-state index contributed by atoms with van der Waals surface area (Å²) in [6, 6.07) is 4.05. The molecule has 2 heterocycles. The predicted molar refractivity (Wildman–Crippen MR) is 273 cm³/mol. The molecule has 75 heavy (non-hydrogen) atoms. The molecule has 0 saturated carbocycles. The van der Waals surface area contributed by atoms with Crippen molar-refractivity contribution in [2.45, 2.75) is 140 Å². The first-order valence-electron chi connectivity index (χ1n) is 24.8. The van der Waals surface area contributed by atoms with E-state index < -0.39 is 114 Å². The van der Waals surface area contributed by atoms with Gasteiger partial charge in [-0.1, -0.05) is 76.1 Å². The standard InChI is InChI=1S/C50H71N13O12/c1-4-5-13-34(43(68)60-37(24-31-26-54-27-56-31)48(73)63-21-10-15-39(63)46(71)61-38(49(74)75)23-29-11-7-6-8-12-29)58-45(70)36(22-30-16-18-32(64)19-17-30)59-47(72)41(28(2)3)62-44(69)35(14-9-20-55-50(52)53)57-42(67)33(51)25-40(65)66/h6-8,11-12,16-19,26-28,33-39,41,64H,4-5,9-10,13-15,20-25,51H2,1-3H3,(H,54,56)(H,57,67)(H,58,70)(H,59,72)(H,60,68)(H,61,71)(H,62,69)(H,65,66)(H,74,75)(H4,52,53,55)/t33-,34-,35-,36-,37-,38-,39-,41-/m0/s1. The minimum atomic E-state index is -1.51. The second-order valence-corrected chi connectivity index (χ2v) is 18.7. The van der Waals surface area contributed by atoms with Crippen LogP contribution < -0.4 is 49.1 Å². The van der Waals surface area contributed by atoms with Crippen molar-refractivity contribution >= 4 is 59.2 Å². The summed E-state index contributed by atoms with van der Waals surface area (Å²) in [6.45, 7) is 5.30. The highest BCUT2D eigenvalue weighted by Crippen LogP contribution is 2.21. The van der Waals surface area contributed by atoms with E-state index >= 15 is 0 Å². The van der Waals surface area contributed by atoms with E-state index in [0.29, 0.717) is 36.1 Å². The maximum absolute atomic E-state index is 14.5. The highest BCUT2D eigenvalue weighted by atomic mass is 16.4. The zero-order valence-corrected chi connectivity index (χ0v) is 42.3. The molecule has 3 aromatic rings. The molecule has 0 unspecified atom stereocenters. The molecule has 7 amide bonds. The number of likely N-dealkylation sites (tertiary alicyclic amines) is 1. The molecule has 2 aromatic carbocycles. The molecule has 0 aliphatic carbocycles. The number of nitrogens with one attached hydrogen (secondary N) is 7. The van der Waals surface area contributed by atoms with Crippen LogP contribution in [0.15, 0.2) is 72.1 Å². The Bertz CT molecular complexity index is 2440. The number of benzene rings is 2. The third-order valence-corrected chi connectivity index (χ3v) is 12.4. The Morgan fingerprint density at radius 1 is 0.733 bits per heavy atom. The van der Waals surface area contributed by atoms with Crippen molar-refractivity contribution < 1.29 is 58.5 Å². The maximum Gasteiger partial charge on any atom is 0.326 e. The molecular formula is C50H71N13O12. The summed E-state index contributed by atoms with van der Waals surface area (Å²) in [7, 11) is 0. The number of nitrogens with zero attached hydrogens (tertiary/aromatic N) is 3. The van der Waals surface area contributed by atoms with Crippen LogP contribution in [0, 0.1) is 5.92 Å². The number of carbonyl (C=O) groups excluding carboxylic acids is 7.